The lowest BCUT2D eigenvalue weighted by molar-refractivity contribution is 0.140. The molecular formula is C10H19N3OS. The number of nitrogens with zero attached hydrogens (tertiary/aromatic N) is 1. The molecule has 0 aliphatic heterocycles. The second kappa shape index (κ2) is 7.76. The molecule has 15 heavy (non-hydrogen) atoms. The molecule has 0 aliphatic rings. The van der Waals surface area contributed by atoms with Crippen molar-refractivity contribution in [3.05, 3.63) is 16.6 Å². The standard InChI is InChI=1S/C10H19N3OS/c1-2-14-6-3-4-9(13-11)8-10-12-5-7-15-10/h5,7,9,13H,2-4,6,8,11H2,1H3. The Labute approximate surface area is 94.8 Å². The third kappa shape index (κ3) is 5.22. The van der Waals surface area contributed by atoms with Crippen LogP contribution in [0.15, 0.2) is 11.6 Å². The van der Waals surface area contributed by atoms with Crippen LogP contribution in [0.1, 0.15) is 24.8 Å². The van der Waals surface area contributed by atoms with Gasteiger partial charge in [0.25, 0.3) is 0 Å². The molecule has 0 bridgehead atoms. The maximum absolute atomic E-state index is 5.49. The molecule has 3 N–H and O–H groups in total. The van der Waals surface area contributed by atoms with Crippen molar-refractivity contribution in [2.75, 3.05) is 13.2 Å². The number of aromatic nitrogens is 1. The summed E-state index contributed by atoms with van der Waals surface area (Å²) in [5.74, 6) is 5.49. The van der Waals surface area contributed by atoms with Gasteiger partial charge in [0.05, 0.1) is 5.01 Å². The van der Waals surface area contributed by atoms with Crippen LogP contribution >= 0.6 is 11.3 Å². The minimum atomic E-state index is 0.302. The van der Waals surface area contributed by atoms with Gasteiger partial charge in [0.1, 0.15) is 0 Å². The number of rotatable bonds is 8. The normalized spacial score (nSPS) is 12.9. The Balaban J connectivity index is 2.18. The zero-order valence-corrected chi connectivity index (χ0v) is 9.93. The van der Waals surface area contributed by atoms with Gasteiger partial charge in [-0.25, -0.2) is 4.98 Å². The Hall–Kier alpha value is -0.490. The van der Waals surface area contributed by atoms with Crippen LogP contribution in [0.25, 0.3) is 0 Å². The van der Waals surface area contributed by atoms with Gasteiger partial charge in [-0.3, -0.25) is 11.3 Å². The molecule has 0 fully saturated rings. The second-order valence-electron chi connectivity index (χ2n) is 3.33. The molecule has 1 heterocycles. The van der Waals surface area contributed by atoms with Gasteiger partial charge in [0, 0.05) is 37.3 Å². The van der Waals surface area contributed by atoms with Gasteiger partial charge in [0.2, 0.25) is 0 Å². The Bertz CT molecular complexity index is 241. The Morgan fingerprint density at radius 1 is 1.67 bits per heavy atom. The molecule has 1 unspecified atom stereocenters. The monoisotopic (exact) mass is 229 g/mol. The average molecular weight is 229 g/mol. The fraction of sp³-hybridized carbons (Fsp3) is 0.700. The highest BCUT2D eigenvalue weighted by Gasteiger charge is 2.08. The summed E-state index contributed by atoms with van der Waals surface area (Å²) in [6.45, 7) is 3.61. The van der Waals surface area contributed by atoms with Gasteiger partial charge in [-0.15, -0.1) is 11.3 Å². The molecule has 1 aromatic rings. The fourth-order valence-corrected chi connectivity index (χ4v) is 2.08. The van der Waals surface area contributed by atoms with E-state index in [1.165, 1.54) is 0 Å². The summed E-state index contributed by atoms with van der Waals surface area (Å²) in [5, 5.41) is 3.12. The average Bonchev–Trinajstić information content (AvgIpc) is 2.75. The van der Waals surface area contributed by atoms with E-state index in [1.807, 2.05) is 18.5 Å². The maximum atomic E-state index is 5.49. The molecule has 0 radical (unpaired) electrons. The summed E-state index contributed by atoms with van der Waals surface area (Å²) >= 11 is 1.67. The van der Waals surface area contributed by atoms with Gasteiger partial charge < -0.3 is 4.74 Å². The molecule has 0 amide bonds. The highest BCUT2D eigenvalue weighted by atomic mass is 32.1. The molecule has 0 aliphatic carbocycles. The molecule has 0 aromatic carbocycles. The van der Waals surface area contributed by atoms with E-state index in [1.54, 1.807) is 11.3 Å². The number of thiazole rings is 1. The van der Waals surface area contributed by atoms with Crippen molar-refractivity contribution in [3.63, 3.8) is 0 Å². The van der Waals surface area contributed by atoms with Gasteiger partial charge in [0.15, 0.2) is 0 Å². The second-order valence-corrected chi connectivity index (χ2v) is 4.31. The van der Waals surface area contributed by atoms with E-state index in [0.29, 0.717) is 6.04 Å². The topological polar surface area (TPSA) is 60.2 Å². The molecule has 1 rings (SSSR count). The smallest absolute Gasteiger partial charge is 0.0940 e. The molecular weight excluding hydrogens is 210 g/mol. The molecule has 1 aromatic heterocycles. The van der Waals surface area contributed by atoms with Crippen molar-refractivity contribution in [2.45, 2.75) is 32.2 Å². The summed E-state index contributed by atoms with van der Waals surface area (Å²) in [6.07, 6.45) is 4.79. The van der Waals surface area contributed by atoms with Crippen molar-refractivity contribution in [3.8, 4) is 0 Å². The van der Waals surface area contributed by atoms with Gasteiger partial charge in [-0.1, -0.05) is 0 Å². The highest BCUT2D eigenvalue weighted by molar-refractivity contribution is 7.09. The first-order valence-corrected chi connectivity index (χ1v) is 6.17. The Morgan fingerprint density at radius 2 is 2.53 bits per heavy atom. The van der Waals surface area contributed by atoms with Crippen molar-refractivity contribution < 1.29 is 4.74 Å². The summed E-state index contributed by atoms with van der Waals surface area (Å²) in [6, 6.07) is 0.302. The largest absolute Gasteiger partial charge is 0.382 e. The van der Waals surface area contributed by atoms with Crippen LogP contribution in [-0.2, 0) is 11.2 Å². The zero-order chi connectivity index (χ0) is 10.9. The van der Waals surface area contributed by atoms with E-state index >= 15 is 0 Å². The summed E-state index contributed by atoms with van der Waals surface area (Å²) in [5.41, 5.74) is 2.83. The molecule has 86 valence electrons. The summed E-state index contributed by atoms with van der Waals surface area (Å²) in [4.78, 5) is 4.24. The maximum Gasteiger partial charge on any atom is 0.0940 e. The number of hydrogen-bond acceptors (Lipinski definition) is 5. The van der Waals surface area contributed by atoms with Crippen molar-refractivity contribution in [2.24, 2.45) is 5.84 Å². The molecule has 0 saturated carbocycles. The van der Waals surface area contributed by atoms with Crippen LogP contribution in [0.2, 0.25) is 0 Å². The zero-order valence-electron chi connectivity index (χ0n) is 9.11. The molecule has 4 nitrogen and oxygen atoms in total. The third-order valence-electron chi connectivity index (χ3n) is 2.19. The van der Waals surface area contributed by atoms with E-state index in [-0.39, 0.29) is 0 Å². The van der Waals surface area contributed by atoms with Crippen molar-refractivity contribution in [1.82, 2.24) is 10.4 Å². The predicted octanol–water partition coefficient (Wildman–Crippen LogP) is 1.33. The van der Waals surface area contributed by atoms with Gasteiger partial charge >= 0.3 is 0 Å². The van der Waals surface area contributed by atoms with E-state index in [2.05, 4.69) is 10.4 Å². The molecule has 1 atom stereocenters. The van der Waals surface area contributed by atoms with Gasteiger partial charge in [-0.05, 0) is 19.8 Å². The molecule has 5 heteroatoms. The lowest BCUT2D eigenvalue weighted by atomic mass is 10.1. The van der Waals surface area contributed by atoms with Crippen LogP contribution < -0.4 is 11.3 Å². The quantitative estimate of drug-likeness (QED) is 0.401. The van der Waals surface area contributed by atoms with Crippen LogP contribution in [0.5, 0.6) is 0 Å². The molecule has 0 saturated heterocycles. The minimum Gasteiger partial charge on any atom is -0.382 e. The lowest BCUT2D eigenvalue weighted by Gasteiger charge is -2.13. The number of nitrogens with one attached hydrogen (secondary N) is 1. The van der Waals surface area contributed by atoms with Gasteiger partial charge in [-0.2, -0.15) is 0 Å². The number of hydrazine groups is 1. The van der Waals surface area contributed by atoms with Crippen LogP contribution in [-0.4, -0.2) is 24.2 Å². The first kappa shape index (κ1) is 12.6. The first-order valence-electron chi connectivity index (χ1n) is 5.29. The van der Waals surface area contributed by atoms with E-state index in [9.17, 15) is 0 Å². The number of hydrogen-bond donors (Lipinski definition) is 2. The predicted molar refractivity (Wildman–Crippen MR) is 62.7 cm³/mol. The SMILES string of the molecule is CCOCCCC(Cc1nccs1)NN. The van der Waals surface area contributed by atoms with E-state index < -0.39 is 0 Å². The van der Waals surface area contributed by atoms with Crippen LogP contribution in [0.3, 0.4) is 0 Å². The minimum absolute atomic E-state index is 0.302. The van der Waals surface area contributed by atoms with Crippen molar-refractivity contribution in [1.29, 1.82) is 0 Å². The van der Waals surface area contributed by atoms with Crippen LogP contribution in [0.4, 0.5) is 0 Å². The van der Waals surface area contributed by atoms with Crippen LogP contribution in [0, 0.1) is 0 Å². The highest BCUT2D eigenvalue weighted by Crippen LogP contribution is 2.09. The summed E-state index contributed by atoms with van der Waals surface area (Å²) < 4.78 is 5.28. The Kier molecular flexibility index (Phi) is 6.50. The fourth-order valence-electron chi connectivity index (χ4n) is 1.39. The number of ether oxygens (including phenoxy) is 1. The number of nitrogens with two attached hydrogens (primary N) is 1. The van der Waals surface area contributed by atoms with E-state index in [4.69, 9.17) is 10.6 Å². The van der Waals surface area contributed by atoms with E-state index in [0.717, 1.165) is 37.5 Å². The lowest BCUT2D eigenvalue weighted by Crippen LogP contribution is -2.36. The summed E-state index contributed by atoms with van der Waals surface area (Å²) in [7, 11) is 0. The first-order chi connectivity index (χ1) is 7.36. The Morgan fingerprint density at radius 3 is 3.13 bits per heavy atom. The third-order valence-corrected chi connectivity index (χ3v) is 2.99. The molecule has 0 spiro atoms. The van der Waals surface area contributed by atoms with Crippen molar-refractivity contribution >= 4 is 11.3 Å².